The van der Waals surface area contributed by atoms with Crippen LogP contribution in [0.5, 0.6) is 5.75 Å². The average molecular weight is 557 g/mol. The molecule has 6 rings (SSSR count). The van der Waals surface area contributed by atoms with Gasteiger partial charge in [0.25, 0.3) is 0 Å². The van der Waals surface area contributed by atoms with Crippen molar-refractivity contribution in [2.75, 3.05) is 26.0 Å². The maximum Gasteiger partial charge on any atom is 0.321 e. The SMILES string of the molecule is COc1ccc(-c2ccc3[nH]c4c(c3c2)CCN2C(=O)[C@@H]([C@H](C)O)[C@@H](N(C)C(=O)Nc3ccc(F)cc3)C[C@@H]42)cc1. The van der Waals surface area contributed by atoms with Crippen molar-refractivity contribution in [3.63, 3.8) is 0 Å². The molecule has 4 aromatic rings. The number of hydrogen-bond acceptors (Lipinski definition) is 4. The number of amides is 3. The van der Waals surface area contributed by atoms with E-state index in [2.05, 4.69) is 28.5 Å². The molecule has 0 aliphatic carbocycles. The van der Waals surface area contributed by atoms with Crippen molar-refractivity contribution in [3.05, 3.63) is 83.8 Å². The van der Waals surface area contributed by atoms with Crippen LogP contribution in [0.25, 0.3) is 22.0 Å². The summed E-state index contributed by atoms with van der Waals surface area (Å²) in [7, 11) is 3.29. The number of nitrogens with zero attached hydrogens (tertiary/aromatic N) is 2. The van der Waals surface area contributed by atoms with Gasteiger partial charge in [-0.05, 0) is 85.0 Å². The molecule has 3 aromatic carbocycles. The molecule has 9 heteroatoms. The van der Waals surface area contributed by atoms with Crippen LogP contribution in [0.4, 0.5) is 14.9 Å². The van der Waals surface area contributed by atoms with Crippen molar-refractivity contribution in [3.8, 4) is 16.9 Å². The van der Waals surface area contributed by atoms with E-state index >= 15 is 0 Å². The Balaban J connectivity index is 1.32. The number of aromatic amines is 1. The zero-order valence-corrected chi connectivity index (χ0v) is 23.2. The number of carbonyl (C=O) groups excluding carboxylic acids is 2. The summed E-state index contributed by atoms with van der Waals surface area (Å²) in [4.78, 5) is 33.9. The molecule has 3 N–H and O–H groups in total. The number of piperidine rings is 1. The van der Waals surface area contributed by atoms with Gasteiger partial charge in [0.2, 0.25) is 5.91 Å². The highest BCUT2D eigenvalue weighted by atomic mass is 19.1. The van der Waals surface area contributed by atoms with Gasteiger partial charge in [-0.3, -0.25) is 4.79 Å². The van der Waals surface area contributed by atoms with Crippen LogP contribution in [0.1, 0.15) is 30.6 Å². The molecule has 0 bridgehead atoms. The number of halogens is 1. The Morgan fingerprint density at radius 2 is 1.83 bits per heavy atom. The number of hydrogen-bond donors (Lipinski definition) is 3. The second-order valence-corrected chi connectivity index (χ2v) is 10.9. The smallest absolute Gasteiger partial charge is 0.321 e. The van der Waals surface area contributed by atoms with E-state index in [1.54, 1.807) is 21.1 Å². The van der Waals surface area contributed by atoms with E-state index in [9.17, 15) is 19.1 Å². The van der Waals surface area contributed by atoms with E-state index in [1.807, 2.05) is 29.2 Å². The third-order valence-electron chi connectivity index (χ3n) is 8.56. The highest BCUT2D eigenvalue weighted by Gasteiger charge is 2.49. The first-order valence-electron chi connectivity index (χ1n) is 13.8. The molecule has 1 aromatic heterocycles. The number of H-pyrrole nitrogens is 1. The Morgan fingerprint density at radius 3 is 2.51 bits per heavy atom. The lowest BCUT2D eigenvalue weighted by molar-refractivity contribution is -0.151. The first-order chi connectivity index (χ1) is 19.7. The van der Waals surface area contributed by atoms with Gasteiger partial charge in [-0.15, -0.1) is 0 Å². The molecule has 2 aliphatic rings. The minimum Gasteiger partial charge on any atom is -0.497 e. The van der Waals surface area contributed by atoms with Crippen molar-refractivity contribution in [1.29, 1.82) is 0 Å². The van der Waals surface area contributed by atoms with Gasteiger partial charge < -0.3 is 29.9 Å². The third kappa shape index (κ3) is 4.80. The summed E-state index contributed by atoms with van der Waals surface area (Å²) in [5, 5.41) is 14.6. The molecule has 1 fully saturated rings. The molecule has 4 atom stereocenters. The maximum atomic E-state index is 13.8. The Morgan fingerprint density at radius 1 is 1.12 bits per heavy atom. The van der Waals surface area contributed by atoms with Gasteiger partial charge in [-0.25, -0.2) is 9.18 Å². The van der Waals surface area contributed by atoms with Gasteiger partial charge in [0.05, 0.1) is 25.2 Å². The highest BCUT2D eigenvalue weighted by molar-refractivity contribution is 5.92. The van der Waals surface area contributed by atoms with Crippen LogP contribution in [0.15, 0.2) is 66.7 Å². The summed E-state index contributed by atoms with van der Waals surface area (Å²) < 4.78 is 18.6. The second kappa shape index (κ2) is 10.6. The molecule has 1 saturated heterocycles. The van der Waals surface area contributed by atoms with Gasteiger partial charge in [0.15, 0.2) is 0 Å². The maximum absolute atomic E-state index is 13.8. The first kappa shape index (κ1) is 26.8. The van der Waals surface area contributed by atoms with E-state index in [4.69, 9.17) is 4.74 Å². The van der Waals surface area contributed by atoms with Crippen LogP contribution >= 0.6 is 0 Å². The number of aromatic nitrogens is 1. The van der Waals surface area contributed by atoms with Crippen molar-refractivity contribution in [2.45, 2.75) is 38.0 Å². The Hall–Kier alpha value is -4.37. The number of anilines is 1. The highest BCUT2D eigenvalue weighted by Crippen LogP contribution is 2.44. The summed E-state index contributed by atoms with van der Waals surface area (Å²) in [5.74, 6) is -0.517. The van der Waals surface area contributed by atoms with Gasteiger partial charge in [-0.2, -0.15) is 0 Å². The molecule has 0 spiro atoms. The summed E-state index contributed by atoms with van der Waals surface area (Å²) in [5.41, 5.74) is 5.78. The lowest BCUT2D eigenvalue weighted by atomic mass is 9.79. The van der Waals surface area contributed by atoms with Gasteiger partial charge in [0, 0.05) is 41.9 Å². The summed E-state index contributed by atoms with van der Waals surface area (Å²) >= 11 is 0. The minimum absolute atomic E-state index is 0.161. The van der Waals surface area contributed by atoms with Crippen LogP contribution in [0.2, 0.25) is 0 Å². The standard InChI is InChI=1S/C32H33FN4O4/c1-18(38)29-27(36(2)32(40)34-22-9-7-21(33)8-10-22)17-28-30-24(14-15-37(28)31(29)39)25-16-20(6-13-26(25)35-30)19-4-11-23(41-3)12-5-19/h4-13,16,18,27-29,35,38H,14-15,17H2,1-3H3,(H,34,40)/t18-,27-,28-,29-/m0/s1. The molecule has 0 radical (unpaired) electrons. The van der Waals surface area contributed by atoms with Crippen LogP contribution in [0, 0.1) is 11.7 Å². The summed E-state index contributed by atoms with van der Waals surface area (Å²) in [6.45, 7) is 2.14. The Kier molecular flexibility index (Phi) is 6.91. The zero-order chi connectivity index (χ0) is 28.8. The number of aliphatic hydroxyl groups is 1. The van der Waals surface area contributed by atoms with E-state index in [0.29, 0.717) is 25.1 Å². The lowest BCUT2D eigenvalue weighted by Crippen LogP contribution is -2.60. The van der Waals surface area contributed by atoms with E-state index in [-0.39, 0.29) is 11.9 Å². The van der Waals surface area contributed by atoms with E-state index in [0.717, 1.165) is 33.5 Å². The number of rotatable bonds is 5. The van der Waals surface area contributed by atoms with Crippen molar-refractivity contribution >= 4 is 28.5 Å². The second-order valence-electron chi connectivity index (χ2n) is 10.9. The van der Waals surface area contributed by atoms with Gasteiger partial charge in [-0.1, -0.05) is 18.2 Å². The number of methoxy groups -OCH3 is 1. The number of ether oxygens (including phenoxy) is 1. The first-order valence-corrected chi connectivity index (χ1v) is 13.8. The van der Waals surface area contributed by atoms with Crippen LogP contribution in [-0.4, -0.2) is 64.7 Å². The number of nitrogens with one attached hydrogen (secondary N) is 2. The molecule has 3 amide bonds. The summed E-state index contributed by atoms with van der Waals surface area (Å²) in [6.07, 6.45) is 0.229. The molecular formula is C32H33FN4O4. The van der Waals surface area contributed by atoms with Gasteiger partial charge >= 0.3 is 6.03 Å². The summed E-state index contributed by atoms with van der Waals surface area (Å²) in [6, 6.07) is 18.6. The van der Waals surface area contributed by atoms with Crippen LogP contribution in [-0.2, 0) is 11.2 Å². The fourth-order valence-electron chi connectivity index (χ4n) is 6.39. The molecule has 2 aliphatic heterocycles. The van der Waals surface area contributed by atoms with Crippen molar-refractivity contribution in [2.24, 2.45) is 5.92 Å². The van der Waals surface area contributed by atoms with Crippen LogP contribution < -0.4 is 10.1 Å². The topological polar surface area (TPSA) is 97.9 Å². The largest absolute Gasteiger partial charge is 0.497 e. The quantitative estimate of drug-likeness (QED) is 0.309. The fourth-order valence-corrected chi connectivity index (χ4v) is 6.39. The Labute approximate surface area is 237 Å². The monoisotopic (exact) mass is 556 g/mol. The fraction of sp³-hybridized carbons (Fsp3) is 0.312. The van der Waals surface area contributed by atoms with Gasteiger partial charge in [0.1, 0.15) is 11.6 Å². The molecule has 41 heavy (non-hydrogen) atoms. The molecular weight excluding hydrogens is 523 g/mol. The predicted molar refractivity (Wildman–Crippen MR) is 155 cm³/mol. The number of carbonyl (C=O) groups is 2. The molecule has 212 valence electrons. The molecule has 0 saturated carbocycles. The number of fused-ring (bicyclic) bond motifs is 5. The predicted octanol–water partition coefficient (Wildman–Crippen LogP) is 5.34. The Bertz CT molecular complexity index is 1600. The van der Waals surface area contributed by atoms with E-state index < -0.39 is 29.9 Å². The third-order valence-corrected chi connectivity index (χ3v) is 8.56. The lowest BCUT2D eigenvalue weighted by Gasteiger charge is -2.48. The molecule has 3 heterocycles. The van der Waals surface area contributed by atoms with Crippen molar-refractivity contribution in [1.82, 2.24) is 14.8 Å². The van der Waals surface area contributed by atoms with Crippen molar-refractivity contribution < 1.29 is 23.8 Å². The van der Waals surface area contributed by atoms with Crippen LogP contribution in [0.3, 0.4) is 0 Å². The zero-order valence-electron chi connectivity index (χ0n) is 23.2. The number of benzene rings is 3. The normalized spacial score (nSPS) is 20.8. The number of urea groups is 1. The molecule has 8 nitrogen and oxygen atoms in total. The average Bonchev–Trinajstić information content (AvgIpc) is 3.36. The minimum atomic E-state index is -0.939. The molecule has 0 unspecified atom stereocenters. The van der Waals surface area contributed by atoms with E-state index in [1.165, 1.54) is 34.7 Å². The number of aliphatic hydroxyl groups excluding tert-OH is 1.